The lowest BCUT2D eigenvalue weighted by Gasteiger charge is -2.24. The highest BCUT2D eigenvalue weighted by Gasteiger charge is 2.27. The van der Waals surface area contributed by atoms with Crippen molar-refractivity contribution in [2.24, 2.45) is 0 Å². The van der Waals surface area contributed by atoms with Gasteiger partial charge in [-0.3, -0.25) is 4.79 Å². The number of nitrogens with zero attached hydrogens (tertiary/aromatic N) is 1. The van der Waals surface area contributed by atoms with Gasteiger partial charge in [0.05, 0.1) is 11.4 Å². The molecule has 0 spiro atoms. The molecule has 2 aromatic carbocycles. The highest BCUT2D eigenvalue weighted by atomic mass is 16.1. The quantitative estimate of drug-likeness (QED) is 0.522. The number of nitrogens with one attached hydrogen (secondary N) is 2. The summed E-state index contributed by atoms with van der Waals surface area (Å²) < 4.78 is 2.23. The summed E-state index contributed by atoms with van der Waals surface area (Å²) in [5.41, 5.74) is 3.52. The number of rotatable bonds is 4. The van der Waals surface area contributed by atoms with Gasteiger partial charge in [-0.25, -0.2) is 0 Å². The van der Waals surface area contributed by atoms with E-state index in [0.717, 1.165) is 40.5 Å². The molecule has 3 heterocycles. The molecule has 0 saturated carbocycles. The molecule has 5 rings (SSSR count). The average molecular weight is 357 g/mol. The largest absolute Gasteiger partial charge is 0.352 e. The van der Waals surface area contributed by atoms with Gasteiger partial charge in [-0.15, -0.1) is 0 Å². The highest BCUT2D eigenvalue weighted by Crippen LogP contribution is 2.30. The molecule has 0 radical (unpaired) electrons. The predicted octanol–water partition coefficient (Wildman–Crippen LogP) is 4.67. The van der Waals surface area contributed by atoms with Gasteiger partial charge in [-0.05, 0) is 50.6 Å². The summed E-state index contributed by atoms with van der Waals surface area (Å²) in [4.78, 5) is 16.7. The Morgan fingerprint density at radius 1 is 1.07 bits per heavy atom. The Hall–Kier alpha value is -2.85. The van der Waals surface area contributed by atoms with Crippen LogP contribution in [-0.4, -0.2) is 27.9 Å². The van der Waals surface area contributed by atoms with Crippen molar-refractivity contribution in [3.05, 3.63) is 72.1 Å². The van der Waals surface area contributed by atoms with E-state index in [1.165, 1.54) is 6.42 Å². The Labute approximate surface area is 158 Å². The molecule has 4 nitrogen and oxygen atoms in total. The van der Waals surface area contributed by atoms with E-state index in [2.05, 4.69) is 33.9 Å². The van der Waals surface area contributed by atoms with E-state index in [4.69, 9.17) is 0 Å². The van der Waals surface area contributed by atoms with Crippen molar-refractivity contribution >= 4 is 27.6 Å². The number of hydrogen-bond donors (Lipinski definition) is 2. The van der Waals surface area contributed by atoms with Crippen LogP contribution in [0.5, 0.6) is 0 Å². The Balaban J connectivity index is 1.65. The lowest BCUT2D eigenvalue weighted by Crippen LogP contribution is -2.32. The first-order valence-corrected chi connectivity index (χ1v) is 9.68. The minimum Gasteiger partial charge on any atom is -0.352 e. The van der Waals surface area contributed by atoms with Gasteiger partial charge in [0, 0.05) is 33.9 Å². The molecule has 4 aromatic rings. The van der Waals surface area contributed by atoms with Crippen LogP contribution < -0.4 is 5.32 Å². The molecule has 2 atom stereocenters. The van der Waals surface area contributed by atoms with Crippen molar-refractivity contribution in [3.63, 3.8) is 0 Å². The summed E-state index contributed by atoms with van der Waals surface area (Å²) in [6, 6.07) is 20.9. The maximum absolute atomic E-state index is 13.5. The van der Waals surface area contributed by atoms with E-state index in [1.807, 2.05) is 48.5 Å². The molecule has 136 valence electrons. The molecule has 0 aliphatic carbocycles. The molecule has 0 bridgehead atoms. The molecule has 2 unspecified atom stereocenters. The van der Waals surface area contributed by atoms with Gasteiger partial charge in [-0.1, -0.05) is 36.4 Å². The second-order valence-electron chi connectivity index (χ2n) is 7.50. The van der Waals surface area contributed by atoms with Crippen LogP contribution in [0.15, 0.2) is 60.7 Å². The van der Waals surface area contributed by atoms with Gasteiger partial charge in [-0.2, -0.15) is 0 Å². The first-order chi connectivity index (χ1) is 13.2. The van der Waals surface area contributed by atoms with Crippen molar-refractivity contribution in [3.8, 4) is 0 Å². The van der Waals surface area contributed by atoms with Crippen LogP contribution >= 0.6 is 0 Å². The Bertz CT molecular complexity index is 1100. The Kier molecular flexibility index (Phi) is 3.87. The smallest absolute Gasteiger partial charge is 0.225 e. The second kappa shape index (κ2) is 6.39. The van der Waals surface area contributed by atoms with E-state index in [1.54, 1.807) is 0 Å². The van der Waals surface area contributed by atoms with Gasteiger partial charge in [0.25, 0.3) is 0 Å². The van der Waals surface area contributed by atoms with E-state index in [-0.39, 0.29) is 11.8 Å². The number of aromatic nitrogens is 2. The number of aromatic amines is 1. The normalized spacial score (nSPS) is 18.3. The number of para-hydroxylation sites is 2. The van der Waals surface area contributed by atoms with Gasteiger partial charge < -0.3 is 14.9 Å². The first-order valence-electron chi connectivity index (χ1n) is 9.68. The van der Waals surface area contributed by atoms with Crippen LogP contribution in [0.1, 0.15) is 42.0 Å². The highest BCUT2D eigenvalue weighted by molar-refractivity contribution is 6.11. The summed E-state index contributed by atoms with van der Waals surface area (Å²) in [6.07, 6.45) is 2.34. The summed E-state index contributed by atoms with van der Waals surface area (Å²) >= 11 is 0. The van der Waals surface area contributed by atoms with Gasteiger partial charge in [0.2, 0.25) is 5.78 Å². The molecular weight excluding hydrogens is 334 g/mol. The summed E-state index contributed by atoms with van der Waals surface area (Å²) in [6.45, 7) is 3.27. The fraction of sp³-hybridized carbons (Fsp3) is 0.261. The zero-order chi connectivity index (χ0) is 18.4. The summed E-state index contributed by atoms with van der Waals surface area (Å²) in [7, 11) is 0. The maximum atomic E-state index is 13.5. The van der Waals surface area contributed by atoms with Gasteiger partial charge in [0.1, 0.15) is 0 Å². The number of benzene rings is 2. The van der Waals surface area contributed by atoms with Crippen molar-refractivity contribution in [2.75, 3.05) is 6.54 Å². The summed E-state index contributed by atoms with van der Waals surface area (Å²) in [5, 5.41) is 5.77. The number of carbonyl (C=O) groups excluding carboxylic acids is 1. The molecule has 4 heteroatoms. The molecule has 1 saturated heterocycles. The molecule has 27 heavy (non-hydrogen) atoms. The minimum atomic E-state index is 0.0484. The van der Waals surface area contributed by atoms with Crippen LogP contribution in [0.2, 0.25) is 0 Å². The van der Waals surface area contributed by atoms with Crippen molar-refractivity contribution < 1.29 is 4.79 Å². The molecule has 1 aliphatic heterocycles. The fourth-order valence-electron chi connectivity index (χ4n) is 4.43. The fourth-order valence-corrected chi connectivity index (χ4v) is 4.43. The van der Waals surface area contributed by atoms with Crippen molar-refractivity contribution in [1.82, 2.24) is 14.9 Å². The standard InChI is InChI=1S/C23H23N3O/c1-15(18-10-6-12-24-18)26-21-11-5-3-8-17(21)14-22(26)23(27)20-13-16-7-2-4-9-19(16)25-20/h2-5,7-9,11,13-15,18,24-25H,6,10,12H2,1H3. The molecular formula is C23H23N3O. The van der Waals surface area contributed by atoms with Gasteiger partial charge >= 0.3 is 0 Å². The maximum Gasteiger partial charge on any atom is 0.225 e. The third-order valence-electron chi connectivity index (χ3n) is 5.84. The SMILES string of the molecule is CC(C1CCCN1)n1c(C(=O)c2cc3ccccc3[nH]2)cc2ccccc21. The van der Waals surface area contributed by atoms with Crippen LogP contribution in [0.4, 0.5) is 0 Å². The van der Waals surface area contributed by atoms with Crippen molar-refractivity contribution in [2.45, 2.75) is 31.8 Å². The van der Waals surface area contributed by atoms with Crippen LogP contribution in [0.3, 0.4) is 0 Å². The number of hydrogen-bond acceptors (Lipinski definition) is 2. The summed E-state index contributed by atoms with van der Waals surface area (Å²) in [5.74, 6) is 0.0484. The number of fused-ring (bicyclic) bond motifs is 2. The van der Waals surface area contributed by atoms with E-state index in [9.17, 15) is 4.79 Å². The van der Waals surface area contributed by atoms with E-state index < -0.39 is 0 Å². The lowest BCUT2D eigenvalue weighted by molar-refractivity contribution is 0.102. The number of ketones is 1. The average Bonchev–Trinajstić information content (AvgIpc) is 3.44. The second-order valence-corrected chi connectivity index (χ2v) is 7.50. The van der Waals surface area contributed by atoms with E-state index in [0.29, 0.717) is 11.7 Å². The van der Waals surface area contributed by atoms with Crippen LogP contribution in [0.25, 0.3) is 21.8 Å². The predicted molar refractivity (Wildman–Crippen MR) is 109 cm³/mol. The molecule has 2 N–H and O–H groups in total. The monoisotopic (exact) mass is 357 g/mol. The third-order valence-corrected chi connectivity index (χ3v) is 5.84. The first kappa shape index (κ1) is 16.3. The Morgan fingerprint density at radius 2 is 1.85 bits per heavy atom. The minimum absolute atomic E-state index is 0.0484. The molecule has 1 fully saturated rings. The zero-order valence-corrected chi connectivity index (χ0v) is 15.4. The topological polar surface area (TPSA) is 49.8 Å². The van der Waals surface area contributed by atoms with Crippen molar-refractivity contribution in [1.29, 1.82) is 0 Å². The third kappa shape index (κ3) is 2.68. The Morgan fingerprint density at radius 3 is 2.63 bits per heavy atom. The van der Waals surface area contributed by atoms with Crippen LogP contribution in [-0.2, 0) is 0 Å². The molecule has 0 amide bonds. The zero-order valence-electron chi connectivity index (χ0n) is 15.4. The van der Waals surface area contributed by atoms with E-state index >= 15 is 0 Å². The molecule has 2 aromatic heterocycles. The molecule has 1 aliphatic rings. The lowest BCUT2D eigenvalue weighted by atomic mass is 10.1. The van der Waals surface area contributed by atoms with Crippen LogP contribution in [0, 0.1) is 0 Å². The van der Waals surface area contributed by atoms with Gasteiger partial charge in [0.15, 0.2) is 0 Å². The number of H-pyrrole nitrogens is 1. The number of carbonyl (C=O) groups is 1.